The van der Waals surface area contributed by atoms with E-state index < -0.39 is 0 Å². The summed E-state index contributed by atoms with van der Waals surface area (Å²) in [5.41, 5.74) is 6.31. The quantitative estimate of drug-likeness (QED) is 0.603. The molecule has 0 radical (unpaired) electrons. The van der Waals surface area contributed by atoms with Gasteiger partial charge in [0.15, 0.2) is 0 Å². The van der Waals surface area contributed by atoms with Gasteiger partial charge in [0, 0.05) is 5.54 Å². The van der Waals surface area contributed by atoms with Crippen molar-refractivity contribution in [1.82, 2.24) is 0 Å². The van der Waals surface area contributed by atoms with Gasteiger partial charge in [-0.3, -0.25) is 0 Å². The molecule has 1 nitrogen and oxygen atoms in total. The maximum atomic E-state index is 6.07. The molecule has 0 bridgehead atoms. The van der Waals surface area contributed by atoms with Crippen LogP contribution < -0.4 is 5.73 Å². The average Bonchev–Trinajstić information content (AvgIpc) is 2.16. The number of hydrogen-bond donors (Lipinski definition) is 1. The third-order valence-electron chi connectivity index (χ3n) is 2.35. The highest BCUT2D eigenvalue weighted by atomic mass is 14.7. The van der Waals surface area contributed by atoms with Crippen LogP contribution >= 0.6 is 0 Å². The van der Waals surface area contributed by atoms with E-state index in [4.69, 9.17) is 5.73 Å². The van der Waals surface area contributed by atoms with Gasteiger partial charge in [-0.2, -0.15) is 0 Å². The van der Waals surface area contributed by atoms with Gasteiger partial charge >= 0.3 is 0 Å². The van der Waals surface area contributed by atoms with E-state index >= 15 is 0 Å². The Hall–Kier alpha value is -0.0400. The molecule has 0 saturated heterocycles. The lowest BCUT2D eigenvalue weighted by molar-refractivity contribution is 0.401. The fourth-order valence-electron chi connectivity index (χ4n) is 1.83. The minimum Gasteiger partial charge on any atom is -0.325 e. The highest BCUT2D eigenvalue weighted by Crippen LogP contribution is 2.30. The molecule has 1 heteroatoms. The summed E-state index contributed by atoms with van der Waals surface area (Å²) in [5, 5.41) is 0. The molecule has 1 fully saturated rings. The van der Waals surface area contributed by atoms with Crippen LogP contribution in [0.5, 0.6) is 0 Å². The summed E-state index contributed by atoms with van der Waals surface area (Å²) in [6.07, 6.45) is 7.72. The van der Waals surface area contributed by atoms with Crippen molar-refractivity contribution in [3.8, 4) is 0 Å². The maximum absolute atomic E-state index is 6.07. The van der Waals surface area contributed by atoms with E-state index in [1.807, 2.05) is 0 Å². The van der Waals surface area contributed by atoms with Crippen LogP contribution in [0.25, 0.3) is 0 Å². The summed E-state index contributed by atoms with van der Waals surface area (Å²) in [6, 6.07) is 0. The van der Waals surface area contributed by atoms with Crippen LogP contribution in [0.4, 0.5) is 0 Å². The molecule has 0 spiro atoms. The van der Waals surface area contributed by atoms with E-state index in [2.05, 4.69) is 6.92 Å². The Labute approximate surface area is 57.6 Å². The van der Waals surface area contributed by atoms with Crippen molar-refractivity contribution in [2.24, 2.45) is 5.73 Å². The van der Waals surface area contributed by atoms with Crippen LogP contribution in [0.2, 0.25) is 0 Å². The van der Waals surface area contributed by atoms with Gasteiger partial charge < -0.3 is 5.73 Å². The summed E-state index contributed by atoms with van der Waals surface area (Å²) in [5.74, 6) is 0. The van der Waals surface area contributed by atoms with E-state index in [0.29, 0.717) is 0 Å². The van der Waals surface area contributed by atoms with Crippen LogP contribution in [0.15, 0.2) is 0 Å². The smallest absolute Gasteiger partial charge is 0.0154 e. The lowest BCUT2D eigenvalue weighted by Gasteiger charge is -2.21. The molecule has 0 aromatic rings. The van der Waals surface area contributed by atoms with E-state index in [1.54, 1.807) is 0 Å². The molecule has 0 aromatic heterocycles. The lowest BCUT2D eigenvalue weighted by Crippen LogP contribution is -2.35. The highest BCUT2D eigenvalue weighted by Gasteiger charge is 2.27. The molecule has 1 aliphatic rings. The average molecular weight is 127 g/mol. The van der Waals surface area contributed by atoms with Crippen LogP contribution in [-0.2, 0) is 0 Å². The monoisotopic (exact) mass is 127 g/mol. The first-order valence-electron chi connectivity index (χ1n) is 4.06. The SMILES string of the molecule is CCCC1(N)CCCC1. The standard InChI is InChI=1S/C8H17N/c1-2-5-8(9)6-3-4-7-8/h2-7,9H2,1H3. The molecule has 0 atom stereocenters. The normalized spacial score (nSPS) is 24.7. The second-order valence-electron chi connectivity index (χ2n) is 3.32. The van der Waals surface area contributed by atoms with Gasteiger partial charge in [0.2, 0.25) is 0 Å². The Balaban J connectivity index is 2.32. The molecule has 0 aliphatic heterocycles. The predicted molar refractivity (Wildman–Crippen MR) is 40.3 cm³/mol. The van der Waals surface area contributed by atoms with Gasteiger partial charge in [-0.1, -0.05) is 26.2 Å². The number of nitrogens with two attached hydrogens (primary N) is 1. The van der Waals surface area contributed by atoms with Gasteiger partial charge in [0.25, 0.3) is 0 Å². The minimum atomic E-state index is 0.245. The molecular formula is C8H17N. The van der Waals surface area contributed by atoms with E-state index in [9.17, 15) is 0 Å². The zero-order chi connectivity index (χ0) is 6.74. The second kappa shape index (κ2) is 2.70. The predicted octanol–water partition coefficient (Wildman–Crippen LogP) is 2.06. The molecule has 0 heterocycles. The van der Waals surface area contributed by atoms with Crippen LogP contribution in [0.1, 0.15) is 45.4 Å². The molecule has 1 aliphatic carbocycles. The van der Waals surface area contributed by atoms with Crippen LogP contribution in [0.3, 0.4) is 0 Å². The number of rotatable bonds is 2. The van der Waals surface area contributed by atoms with Crippen molar-refractivity contribution in [3.05, 3.63) is 0 Å². The van der Waals surface area contributed by atoms with Crippen LogP contribution in [0, 0.1) is 0 Å². The van der Waals surface area contributed by atoms with Crippen molar-refractivity contribution >= 4 is 0 Å². The molecule has 1 rings (SSSR count). The fraction of sp³-hybridized carbons (Fsp3) is 1.00. The molecule has 0 unspecified atom stereocenters. The zero-order valence-corrected chi connectivity index (χ0v) is 6.32. The molecule has 9 heavy (non-hydrogen) atoms. The molecule has 54 valence electrons. The second-order valence-corrected chi connectivity index (χ2v) is 3.32. The summed E-state index contributed by atoms with van der Waals surface area (Å²) in [6.45, 7) is 2.22. The molecular weight excluding hydrogens is 110 g/mol. The van der Waals surface area contributed by atoms with Crippen molar-refractivity contribution in [1.29, 1.82) is 0 Å². The summed E-state index contributed by atoms with van der Waals surface area (Å²) in [7, 11) is 0. The summed E-state index contributed by atoms with van der Waals surface area (Å²) >= 11 is 0. The number of hydrogen-bond acceptors (Lipinski definition) is 1. The van der Waals surface area contributed by atoms with Gasteiger partial charge in [-0.15, -0.1) is 0 Å². The summed E-state index contributed by atoms with van der Waals surface area (Å²) in [4.78, 5) is 0. The topological polar surface area (TPSA) is 26.0 Å². The third kappa shape index (κ3) is 1.68. The van der Waals surface area contributed by atoms with Crippen molar-refractivity contribution in [3.63, 3.8) is 0 Å². The van der Waals surface area contributed by atoms with Gasteiger partial charge in [0.05, 0.1) is 0 Å². The molecule has 1 saturated carbocycles. The van der Waals surface area contributed by atoms with E-state index in [-0.39, 0.29) is 5.54 Å². The summed E-state index contributed by atoms with van der Waals surface area (Å²) < 4.78 is 0. The molecule has 0 aromatic carbocycles. The Morgan fingerprint density at radius 2 is 1.89 bits per heavy atom. The minimum absolute atomic E-state index is 0.245. The van der Waals surface area contributed by atoms with E-state index in [1.165, 1.54) is 38.5 Å². The zero-order valence-electron chi connectivity index (χ0n) is 6.32. The Kier molecular flexibility index (Phi) is 2.12. The van der Waals surface area contributed by atoms with Gasteiger partial charge in [-0.25, -0.2) is 0 Å². The highest BCUT2D eigenvalue weighted by molar-refractivity contribution is 4.88. The maximum Gasteiger partial charge on any atom is 0.0154 e. The van der Waals surface area contributed by atoms with Gasteiger partial charge in [0.1, 0.15) is 0 Å². The van der Waals surface area contributed by atoms with E-state index in [0.717, 1.165) is 0 Å². The first kappa shape index (κ1) is 7.07. The Bertz CT molecular complexity index is 82.6. The molecule has 0 amide bonds. The van der Waals surface area contributed by atoms with Crippen LogP contribution in [-0.4, -0.2) is 5.54 Å². The molecule has 2 N–H and O–H groups in total. The Morgan fingerprint density at radius 3 is 2.33 bits per heavy atom. The lowest BCUT2D eigenvalue weighted by atomic mass is 9.94. The first-order chi connectivity index (χ1) is 4.27. The first-order valence-corrected chi connectivity index (χ1v) is 4.06. The third-order valence-corrected chi connectivity index (χ3v) is 2.35. The van der Waals surface area contributed by atoms with Crippen molar-refractivity contribution in [2.45, 2.75) is 51.0 Å². The fourth-order valence-corrected chi connectivity index (χ4v) is 1.83. The largest absolute Gasteiger partial charge is 0.325 e. The van der Waals surface area contributed by atoms with Gasteiger partial charge in [-0.05, 0) is 19.3 Å². The van der Waals surface area contributed by atoms with Crippen molar-refractivity contribution < 1.29 is 0 Å². The van der Waals surface area contributed by atoms with Crippen molar-refractivity contribution in [2.75, 3.05) is 0 Å². The Morgan fingerprint density at radius 1 is 1.33 bits per heavy atom.